The van der Waals surface area contributed by atoms with E-state index in [2.05, 4.69) is 33.8 Å². The normalized spacial score (nSPS) is 13.0. The number of nitrogens with zero attached hydrogens (tertiary/aromatic N) is 1. The standard InChI is InChI=1S/C17H26ClNOSi/c1-6-16(20-21(7-2,8-3)9-4)17-14(12-19)10-13(5)11-15(17)18/h10-11,16H,6-9H2,1-5H3. The molecule has 0 fully saturated rings. The van der Waals surface area contributed by atoms with Crippen LogP contribution in [0.25, 0.3) is 0 Å². The van der Waals surface area contributed by atoms with E-state index in [1.54, 1.807) is 0 Å². The van der Waals surface area contributed by atoms with Gasteiger partial charge in [-0.2, -0.15) is 5.26 Å². The maximum Gasteiger partial charge on any atom is 0.192 e. The van der Waals surface area contributed by atoms with Gasteiger partial charge in [-0.1, -0.05) is 39.3 Å². The number of halogens is 1. The molecule has 0 radical (unpaired) electrons. The van der Waals surface area contributed by atoms with Gasteiger partial charge in [0.2, 0.25) is 0 Å². The third-order valence-electron chi connectivity index (χ3n) is 4.41. The summed E-state index contributed by atoms with van der Waals surface area (Å²) in [6.45, 7) is 10.7. The fourth-order valence-electron chi connectivity index (χ4n) is 2.82. The van der Waals surface area contributed by atoms with E-state index >= 15 is 0 Å². The minimum Gasteiger partial charge on any atom is -0.410 e. The zero-order valence-electron chi connectivity index (χ0n) is 13.8. The van der Waals surface area contributed by atoms with E-state index in [1.165, 1.54) is 0 Å². The highest BCUT2D eigenvalue weighted by atomic mass is 35.5. The smallest absolute Gasteiger partial charge is 0.192 e. The number of benzene rings is 1. The van der Waals surface area contributed by atoms with Crippen molar-refractivity contribution >= 4 is 19.9 Å². The van der Waals surface area contributed by atoms with Crippen LogP contribution in [0.15, 0.2) is 12.1 Å². The molecular weight excluding hydrogens is 298 g/mol. The molecule has 0 aliphatic heterocycles. The highest BCUT2D eigenvalue weighted by molar-refractivity contribution is 6.73. The number of hydrogen-bond acceptors (Lipinski definition) is 2. The predicted octanol–water partition coefficient (Wildman–Crippen LogP) is 5.99. The summed E-state index contributed by atoms with van der Waals surface area (Å²) in [5.74, 6) is 0. The summed E-state index contributed by atoms with van der Waals surface area (Å²) < 4.78 is 6.59. The molecule has 21 heavy (non-hydrogen) atoms. The van der Waals surface area contributed by atoms with Crippen molar-refractivity contribution in [2.24, 2.45) is 0 Å². The molecule has 1 aromatic rings. The Morgan fingerprint density at radius 1 is 1.19 bits per heavy atom. The second-order valence-electron chi connectivity index (χ2n) is 5.58. The molecular formula is C17H26ClNOSi. The van der Waals surface area contributed by atoms with Crippen LogP contribution in [-0.4, -0.2) is 8.32 Å². The van der Waals surface area contributed by atoms with Crippen LogP contribution in [0.5, 0.6) is 0 Å². The maximum absolute atomic E-state index is 9.43. The Hall–Kier alpha value is -0.823. The Morgan fingerprint density at radius 3 is 2.19 bits per heavy atom. The quantitative estimate of drug-likeness (QED) is 0.577. The van der Waals surface area contributed by atoms with Crippen LogP contribution >= 0.6 is 11.6 Å². The van der Waals surface area contributed by atoms with Crippen molar-refractivity contribution < 1.29 is 4.43 Å². The molecule has 0 saturated carbocycles. The molecule has 1 rings (SSSR count). The third-order valence-corrected chi connectivity index (χ3v) is 9.38. The molecule has 0 aliphatic rings. The van der Waals surface area contributed by atoms with Gasteiger partial charge in [0.1, 0.15) is 0 Å². The molecule has 0 heterocycles. The summed E-state index contributed by atoms with van der Waals surface area (Å²) in [6.07, 6.45) is 0.769. The van der Waals surface area contributed by atoms with Crippen molar-refractivity contribution in [2.45, 2.75) is 65.3 Å². The van der Waals surface area contributed by atoms with Crippen molar-refractivity contribution in [2.75, 3.05) is 0 Å². The lowest BCUT2D eigenvalue weighted by Crippen LogP contribution is -2.37. The molecule has 0 amide bonds. The molecule has 2 nitrogen and oxygen atoms in total. The number of aryl methyl sites for hydroxylation is 1. The summed E-state index contributed by atoms with van der Waals surface area (Å²) in [5, 5.41) is 10.1. The van der Waals surface area contributed by atoms with E-state index in [4.69, 9.17) is 16.0 Å². The molecule has 0 spiro atoms. The second-order valence-corrected chi connectivity index (χ2v) is 10.7. The highest BCUT2D eigenvalue weighted by Gasteiger charge is 2.33. The van der Waals surface area contributed by atoms with Crippen LogP contribution in [0.4, 0.5) is 0 Å². The number of rotatable bonds is 7. The first-order chi connectivity index (χ1) is 9.96. The van der Waals surface area contributed by atoms with Crippen LogP contribution in [0, 0.1) is 18.3 Å². The van der Waals surface area contributed by atoms with Crippen LogP contribution in [0.3, 0.4) is 0 Å². The van der Waals surface area contributed by atoms with Gasteiger partial charge in [-0.25, -0.2) is 0 Å². The van der Waals surface area contributed by atoms with Gasteiger partial charge in [0.05, 0.1) is 17.7 Å². The topological polar surface area (TPSA) is 33.0 Å². The zero-order valence-corrected chi connectivity index (χ0v) is 15.5. The van der Waals surface area contributed by atoms with Gasteiger partial charge in [-0.05, 0) is 49.2 Å². The van der Waals surface area contributed by atoms with E-state index in [9.17, 15) is 5.26 Å². The van der Waals surface area contributed by atoms with E-state index in [-0.39, 0.29) is 6.10 Å². The first kappa shape index (κ1) is 18.2. The Bertz CT molecular complexity index is 512. The summed E-state index contributed by atoms with van der Waals surface area (Å²) in [5.41, 5.74) is 2.54. The van der Waals surface area contributed by atoms with E-state index in [0.717, 1.165) is 35.7 Å². The van der Waals surface area contributed by atoms with Crippen molar-refractivity contribution in [1.29, 1.82) is 5.26 Å². The van der Waals surface area contributed by atoms with Gasteiger partial charge < -0.3 is 4.43 Å². The van der Waals surface area contributed by atoms with Gasteiger partial charge in [0.25, 0.3) is 0 Å². The van der Waals surface area contributed by atoms with Crippen LogP contribution in [-0.2, 0) is 4.43 Å². The number of nitriles is 1. The van der Waals surface area contributed by atoms with Crippen molar-refractivity contribution in [3.63, 3.8) is 0 Å². The molecule has 4 heteroatoms. The number of hydrogen-bond donors (Lipinski definition) is 0. The Balaban J connectivity index is 3.26. The fourth-order valence-corrected chi connectivity index (χ4v) is 6.10. The minimum absolute atomic E-state index is 0.0701. The largest absolute Gasteiger partial charge is 0.410 e. The van der Waals surface area contributed by atoms with Gasteiger partial charge in [-0.3, -0.25) is 0 Å². The Labute approximate surface area is 135 Å². The lowest BCUT2D eigenvalue weighted by molar-refractivity contribution is 0.185. The molecule has 1 atom stereocenters. The lowest BCUT2D eigenvalue weighted by atomic mass is 9.99. The summed E-state index contributed by atoms with van der Waals surface area (Å²) in [6, 6.07) is 9.41. The summed E-state index contributed by atoms with van der Waals surface area (Å²) in [7, 11) is -1.72. The third kappa shape index (κ3) is 4.09. The summed E-state index contributed by atoms with van der Waals surface area (Å²) in [4.78, 5) is 0. The molecule has 0 bridgehead atoms. The molecule has 1 aromatic carbocycles. The second kappa shape index (κ2) is 7.98. The maximum atomic E-state index is 9.43. The fraction of sp³-hybridized carbons (Fsp3) is 0.588. The molecule has 0 aromatic heterocycles. The van der Waals surface area contributed by atoms with E-state index in [1.807, 2.05) is 19.1 Å². The van der Waals surface area contributed by atoms with Crippen LogP contribution in [0.1, 0.15) is 56.9 Å². The van der Waals surface area contributed by atoms with E-state index in [0.29, 0.717) is 10.6 Å². The first-order valence-corrected chi connectivity index (χ1v) is 10.8. The zero-order chi connectivity index (χ0) is 16.0. The van der Waals surface area contributed by atoms with Crippen LogP contribution in [0.2, 0.25) is 23.2 Å². The summed E-state index contributed by atoms with van der Waals surface area (Å²) >= 11 is 6.43. The van der Waals surface area contributed by atoms with Crippen molar-refractivity contribution in [3.8, 4) is 6.07 Å². The minimum atomic E-state index is -1.72. The van der Waals surface area contributed by atoms with Gasteiger partial charge in [0, 0.05) is 10.6 Å². The molecule has 116 valence electrons. The first-order valence-electron chi connectivity index (χ1n) is 7.84. The van der Waals surface area contributed by atoms with E-state index < -0.39 is 8.32 Å². The van der Waals surface area contributed by atoms with Crippen LogP contribution < -0.4 is 0 Å². The Kier molecular flexibility index (Phi) is 6.93. The van der Waals surface area contributed by atoms with Crippen molar-refractivity contribution in [3.05, 3.63) is 33.8 Å². The highest BCUT2D eigenvalue weighted by Crippen LogP contribution is 2.37. The SMILES string of the molecule is CCC(O[Si](CC)(CC)CC)c1c(Cl)cc(C)cc1C#N. The van der Waals surface area contributed by atoms with Crippen molar-refractivity contribution in [1.82, 2.24) is 0 Å². The molecule has 0 saturated heterocycles. The molecule has 0 N–H and O–H groups in total. The van der Waals surface area contributed by atoms with Gasteiger partial charge >= 0.3 is 0 Å². The lowest BCUT2D eigenvalue weighted by Gasteiger charge is -2.34. The predicted molar refractivity (Wildman–Crippen MR) is 92.2 cm³/mol. The monoisotopic (exact) mass is 323 g/mol. The Morgan fingerprint density at radius 2 is 1.76 bits per heavy atom. The molecule has 0 aliphatic carbocycles. The average Bonchev–Trinajstić information content (AvgIpc) is 2.49. The van der Waals surface area contributed by atoms with Gasteiger partial charge in [0.15, 0.2) is 8.32 Å². The average molecular weight is 324 g/mol. The molecule has 1 unspecified atom stereocenters. The van der Waals surface area contributed by atoms with Gasteiger partial charge in [-0.15, -0.1) is 0 Å².